The lowest BCUT2D eigenvalue weighted by Gasteiger charge is -2.30. The van der Waals surface area contributed by atoms with Crippen molar-refractivity contribution >= 4 is 29.9 Å². The molecule has 27 heavy (non-hydrogen) atoms. The number of alkyl halides is 2. The molecule has 0 bridgehead atoms. The number of hydrogen-bond acceptors (Lipinski definition) is 3. The molecule has 0 aliphatic carbocycles. The standard InChI is InChI=1S/C19H30F2N4O.HI/c1-15-7-5-11-25(14-15)12-6-10-23-19(22-2)24-13-16-8-3-4-9-17(16)26-18(20)21;/h3-4,8-9,15,18H,5-7,10-14H2,1-2H3,(H2,22,23,24);1H. The van der Waals surface area contributed by atoms with Crippen LogP contribution in [-0.4, -0.2) is 50.7 Å². The maximum absolute atomic E-state index is 12.5. The maximum Gasteiger partial charge on any atom is 0.387 e. The average Bonchev–Trinajstić information content (AvgIpc) is 2.62. The molecule has 1 fully saturated rings. The molecule has 0 aromatic heterocycles. The zero-order chi connectivity index (χ0) is 18.8. The summed E-state index contributed by atoms with van der Waals surface area (Å²) in [6.07, 6.45) is 3.67. The minimum Gasteiger partial charge on any atom is -0.434 e. The zero-order valence-corrected chi connectivity index (χ0v) is 18.4. The van der Waals surface area contributed by atoms with E-state index in [9.17, 15) is 8.78 Å². The van der Waals surface area contributed by atoms with E-state index in [1.807, 2.05) is 0 Å². The van der Waals surface area contributed by atoms with E-state index in [0.29, 0.717) is 18.1 Å². The Hall–Kier alpha value is -1.16. The highest BCUT2D eigenvalue weighted by molar-refractivity contribution is 14.0. The minimum atomic E-state index is -2.83. The van der Waals surface area contributed by atoms with E-state index in [0.717, 1.165) is 25.4 Å². The Bertz CT molecular complexity index is 574. The number of benzene rings is 1. The van der Waals surface area contributed by atoms with Crippen molar-refractivity contribution in [1.82, 2.24) is 15.5 Å². The van der Waals surface area contributed by atoms with Crippen LogP contribution < -0.4 is 15.4 Å². The smallest absolute Gasteiger partial charge is 0.387 e. The lowest BCUT2D eigenvalue weighted by atomic mass is 10.0. The molecule has 5 nitrogen and oxygen atoms in total. The van der Waals surface area contributed by atoms with Crippen LogP contribution in [-0.2, 0) is 6.54 Å². The van der Waals surface area contributed by atoms with Crippen molar-refractivity contribution < 1.29 is 13.5 Å². The summed E-state index contributed by atoms with van der Waals surface area (Å²) in [5, 5.41) is 6.42. The van der Waals surface area contributed by atoms with E-state index in [2.05, 4.69) is 32.2 Å². The summed E-state index contributed by atoms with van der Waals surface area (Å²) in [4.78, 5) is 6.70. The Balaban J connectivity index is 0.00000364. The molecule has 1 heterocycles. The van der Waals surface area contributed by atoms with Crippen LogP contribution in [0.15, 0.2) is 29.3 Å². The Morgan fingerprint density at radius 3 is 2.81 bits per heavy atom. The quantitative estimate of drug-likeness (QED) is 0.250. The number of halogens is 3. The number of nitrogens with zero attached hydrogens (tertiary/aromatic N) is 2. The van der Waals surface area contributed by atoms with Crippen molar-refractivity contribution in [2.75, 3.05) is 33.2 Å². The van der Waals surface area contributed by atoms with Crippen LogP contribution in [0.25, 0.3) is 0 Å². The number of para-hydroxylation sites is 1. The molecule has 1 aliphatic heterocycles. The summed E-state index contributed by atoms with van der Waals surface area (Å²) in [5.74, 6) is 1.63. The number of ether oxygens (including phenoxy) is 1. The van der Waals surface area contributed by atoms with Crippen LogP contribution >= 0.6 is 24.0 Å². The molecule has 1 saturated heterocycles. The molecule has 1 aromatic carbocycles. The topological polar surface area (TPSA) is 48.9 Å². The maximum atomic E-state index is 12.5. The van der Waals surface area contributed by atoms with Crippen molar-refractivity contribution in [2.24, 2.45) is 10.9 Å². The van der Waals surface area contributed by atoms with Crippen LogP contribution in [0.5, 0.6) is 5.75 Å². The van der Waals surface area contributed by atoms with Crippen LogP contribution in [0, 0.1) is 5.92 Å². The van der Waals surface area contributed by atoms with E-state index in [1.54, 1.807) is 31.3 Å². The third kappa shape index (κ3) is 9.05. The van der Waals surface area contributed by atoms with Crippen molar-refractivity contribution in [3.05, 3.63) is 29.8 Å². The Labute approximate surface area is 178 Å². The molecule has 1 unspecified atom stereocenters. The van der Waals surface area contributed by atoms with Gasteiger partial charge in [-0.1, -0.05) is 25.1 Å². The molecule has 0 saturated carbocycles. The van der Waals surface area contributed by atoms with Gasteiger partial charge in [-0.2, -0.15) is 8.78 Å². The number of guanidine groups is 1. The first-order chi connectivity index (χ1) is 12.6. The molecule has 0 radical (unpaired) electrons. The summed E-state index contributed by atoms with van der Waals surface area (Å²) in [6, 6.07) is 6.77. The fourth-order valence-electron chi connectivity index (χ4n) is 3.26. The highest BCUT2D eigenvalue weighted by atomic mass is 127. The second-order valence-corrected chi connectivity index (χ2v) is 6.74. The van der Waals surface area contributed by atoms with Gasteiger partial charge < -0.3 is 20.3 Å². The lowest BCUT2D eigenvalue weighted by molar-refractivity contribution is -0.0504. The first-order valence-corrected chi connectivity index (χ1v) is 9.28. The average molecular weight is 496 g/mol. The van der Waals surface area contributed by atoms with Crippen molar-refractivity contribution in [3.8, 4) is 5.75 Å². The summed E-state index contributed by atoms with van der Waals surface area (Å²) >= 11 is 0. The monoisotopic (exact) mass is 496 g/mol. The molecule has 1 aromatic rings. The van der Waals surface area contributed by atoms with Gasteiger partial charge in [0.15, 0.2) is 5.96 Å². The van der Waals surface area contributed by atoms with Gasteiger partial charge >= 0.3 is 6.61 Å². The van der Waals surface area contributed by atoms with Crippen molar-refractivity contribution in [3.63, 3.8) is 0 Å². The van der Waals surface area contributed by atoms with Crippen molar-refractivity contribution in [2.45, 2.75) is 39.3 Å². The van der Waals surface area contributed by atoms with E-state index in [1.165, 1.54) is 25.9 Å². The van der Waals surface area contributed by atoms with Gasteiger partial charge in [-0.3, -0.25) is 4.99 Å². The fraction of sp³-hybridized carbons (Fsp3) is 0.632. The van der Waals surface area contributed by atoms with Crippen LogP contribution in [0.1, 0.15) is 31.7 Å². The normalized spacial score (nSPS) is 18.1. The predicted octanol–water partition coefficient (Wildman–Crippen LogP) is 3.69. The summed E-state index contributed by atoms with van der Waals surface area (Å²) in [6.45, 7) is 4.13. The van der Waals surface area contributed by atoms with Gasteiger partial charge in [0.05, 0.1) is 0 Å². The number of piperidine rings is 1. The van der Waals surface area contributed by atoms with Gasteiger partial charge in [-0.05, 0) is 44.3 Å². The number of aliphatic imine (C=N–C) groups is 1. The molecular weight excluding hydrogens is 465 g/mol. The van der Waals surface area contributed by atoms with E-state index in [-0.39, 0.29) is 29.7 Å². The van der Waals surface area contributed by atoms with Gasteiger partial charge in [-0.25, -0.2) is 0 Å². The Kier molecular flexibility index (Phi) is 11.6. The van der Waals surface area contributed by atoms with Crippen LogP contribution in [0.3, 0.4) is 0 Å². The SMILES string of the molecule is CN=C(NCCCN1CCCC(C)C1)NCc1ccccc1OC(F)F.I. The number of likely N-dealkylation sites (tertiary alicyclic amines) is 1. The lowest BCUT2D eigenvalue weighted by Crippen LogP contribution is -2.39. The van der Waals surface area contributed by atoms with Gasteiger partial charge in [0.1, 0.15) is 5.75 Å². The molecule has 1 aliphatic rings. The molecular formula is C19H31F2IN4O. The molecule has 154 valence electrons. The molecule has 0 amide bonds. The van der Waals surface area contributed by atoms with Gasteiger partial charge in [0, 0.05) is 32.2 Å². The number of hydrogen-bond donors (Lipinski definition) is 2. The minimum absolute atomic E-state index is 0. The van der Waals surface area contributed by atoms with Crippen LogP contribution in [0.4, 0.5) is 8.78 Å². The summed E-state index contributed by atoms with van der Waals surface area (Å²) < 4.78 is 29.5. The first-order valence-electron chi connectivity index (χ1n) is 9.28. The molecule has 0 spiro atoms. The number of nitrogens with one attached hydrogen (secondary N) is 2. The molecule has 8 heteroatoms. The summed E-state index contributed by atoms with van der Waals surface area (Å²) in [7, 11) is 1.70. The third-order valence-corrected chi connectivity index (χ3v) is 4.54. The Morgan fingerprint density at radius 2 is 2.11 bits per heavy atom. The van der Waals surface area contributed by atoms with Crippen molar-refractivity contribution in [1.29, 1.82) is 0 Å². The van der Waals surface area contributed by atoms with Gasteiger partial charge in [0.2, 0.25) is 0 Å². The molecule has 1 atom stereocenters. The van der Waals surface area contributed by atoms with E-state index in [4.69, 9.17) is 0 Å². The second kappa shape index (κ2) is 13.1. The highest BCUT2D eigenvalue weighted by Gasteiger charge is 2.15. The fourth-order valence-corrected chi connectivity index (χ4v) is 3.26. The van der Waals surface area contributed by atoms with Gasteiger partial charge in [0.25, 0.3) is 0 Å². The van der Waals surface area contributed by atoms with E-state index < -0.39 is 6.61 Å². The first kappa shape index (κ1) is 23.9. The van der Waals surface area contributed by atoms with Crippen LogP contribution in [0.2, 0.25) is 0 Å². The predicted molar refractivity (Wildman–Crippen MR) is 116 cm³/mol. The Morgan fingerprint density at radius 1 is 1.33 bits per heavy atom. The zero-order valence-electron chi connectivity index (χ0n) is 16.1. The van der Waals surface area contributed by atoms with E-state index >= 15 is 0 Å². The summed E-state index contributed by atoms with van der Waals surface area (Å²) in [5.41, 5.74) is 0.665. The molecule has 2 N–H and O–H groups in total. The molecule has 2 rings (SSSR count). The highest BCUT2D eigenvalue weighted by Crippen LogP contribution is 2.20. The second-order valence-electron chi connectivity index (χ2n) is 6.74. The number of rotatable bonds is 8. The largest absolute Gasteiger partial charge is 0.434 e. The third-order valence-electron chi connectivity index (χ3n) is 4.54. The van der Waals surface area contributed by atoms with Gasteiger partial charge in [-0.15, -0.1) is 24.0 Å².